The Kier molecular flexibility index (Phi) is 5.78. The molecule has 0 aliphatic carbocycles. The van der Waals surface area contributed by atoms with Crippen LogP contribution in [0.5, 0.6) is 0 Å². The van der Waals surface area contributed by atoms with E-state index in [1.165, 1.54) is 12.1 Å². The Morgan fingerprint density at radius 3 is 2.67 bits per heavy atom. The van der Waals surface area contributed by atoms with Gasteiger partial charge in [-0.1, -0.05) is 26.0 Å². The van der Waals surface area contributed by atoms with E-state index in [9.17, 15) is 9.18 Å². The van der Waals surface area contributed by atoms with Crippen molar-refractivity contribution >= 4 is 5.91 Å². The SMILES string of the molecule is CC(C)NCCC(=O)NC(C)c1cccc(F)c1. The summed E-state index contributed by atoms with van der Waals surface area (Å²) in [5.41, 5.74) is 0.778. The Morgan fingerprint density at radius 2 is 2.06 bits per heavy atom. The smallest absolute Gasteiger partial charge is 0.221 e. The first-order chi connectivity index (χ1) is 8.49. The Morgan fingerprint density at radius 1 is 1.33 bits per heavy atom. The Bertz CT molecular complexity index is 393. The second-order valence-corrected chi connectivity index (χ2v) is 4.70. The molecule has 0 heterocycles. The molecule has 100 valence electrons. The van der Waals surface area contributed by atoms with Gasteiger partial charge in [0.2, 0.25) is 5.91 Å². The van der Waals surface area contributed by atoms with Crippen molar-refractivity contribution in [1.29, 1.82) is 0 Å². The number of rotatable bonds is 6. The first-order valence-corrected chi connectivity index (χ1v) is 6.27. The van der Waals surface area contributed by atoms with Gasteiger partial charge in [-0.2, -0.15) is 0 Å². The Hall–Kier alpha value is -1.42. The second-order valence-electron chi connectivity index (χ2n) is 4.70. The summed E-state index contributed by atoms with van der Waals surface area (Å²) in [5.74, 6) is -0.310. The molecule has 0 aliphatic heterocycles. The van der Waals surface area contributed by atoms with Crippen LogP contribution in [0.1, 0.15) is 38.8 Å². The number of carbonyl (C=O) groups is 1. The highest BCUT2D eigenvalue weighted by Crippen LogP contribution is 2.13. The third-order valence-electron chi connectivity index (χ3n) is 2.63. The van der Waals surface area contributed by atoms with Crippen molar-refractivity contribution < 1.29 is 9.18 Å². The van der Waals surface area contributed by atoms with Crippen molar-refractivity contribution in [3.05, 3.63) is 35.6 Å². The van der Waals surface area contributed by atoms with Gasteiger partial charge in [-0.15, -0.1) is 0 Å². The molecule has 0 radical (unpaired) electrons. The highest BCUT2D eigenvalue weighted by Gasteiger charge is 2.09. The van der Waals surface area contributed by atoms with Gasteiger partial charge < -0.3 is 10.6 Å². The summed E-state index contributed by atoms with van der Waals surface area (Å²) >= 11 is 0. The molecular formula is C14H21FN2O. The monoisotopic (exact) mass is 252 g/mol. The molecule has 0 fully saturated rings. The highest BCUT2D eigenvalue weighted by atomic mass is 19.1. The fourth-order valence-corrected chi connectivity index (χ4v) is 1.65. The van der Waals surface area contributed by atoms with Crippen LogP contribution in [-0.2, 0) is 4.79 Å². The quantitative estimate of drug-likeness (QED) is 0.816. The molecule has 3 nitrogen and oxygen atoms in total. The van der Waals surface area contributed by atoms with Crippen LogP contribution in [0, 0.1) is 5.82 Å². The number of halogens is 1. The normalized spacial score (nSPS) is 12.5. The largest absolute Gasteiger partial charge is 0.350 e. The Balaban J connectivity index is 2.40. The van der Waals surface area contributed by atoms with Crippen molar-refractivity contribution in [2.45, 2.75) is 39.3 Å². The van der Waals surface area contributed by atoms with Gasteiger partial charge in [0.15, 0.2) is 0 Å². The van der Waals surface area contributed by atoms with Gasteiger partial charge >= 0.3 is 0 Å². The van der Waals surface area contributed by atoms with E-state index in [1.54, 1.807) is 12.1 Å². The van der Waals surface area contributed by atoms with Crippen molar-refractivity contribution in [2.24, 2.45) is 0 Å². The number of amides is 1. The minimum absolute atomic E-state index is 0.0279. The topological polar surface area (TPSA) is 41.1 Å². The Labute approximate surface area is 108 Å². The molecule has 1 rings (SSSR count). The number of benzene rings is 1. The van der Waals surface area contributed by atoms with Crippen LogP contribution >= 0.6 is 0 Å². The summed E-state index contributed by atoms with van der Waals surface area (Å²) in [7, 11) is 0. The molecule has 1 amide bonds. The lowest BCUT2D eigenvalue weighted by atomic mass is 10.1. The van der Waals surface area contributed by atoms with Crippen molar-refractivity contribution in [2.75, 3.05) is 6.54 Å². The van der Waals surface area contributed by atoms with Crippen LogP contribution in [0.4, 0.5) is 4.39 Å². The van der Waals surface area contributed by atoms with Crippen LogP contribution < -0.4 is 10.6 Å². The minimum Gasteiger partial charge on any atom is -0.350 e. The van der Waals surface area contributed by atoms with Gasteiger partial charge in [-0.3, -0.25) is 4.79 Å². The molecule has 4 heteroatoms. The highest BCUT2D eigenvalue weighted by molar-refractivity contribution is 5.76. The summed E-state index contributed by atoms with van der Waals surface area (Å²) in [4.78, 5) is 11.6. The number of hydrogen-bond acceptors (Lipinski definition) is 2. The standard InChI is InChI=1S/C14H21FN2O/c1-10(2)16-8-7-14(18)17-11(3)12-5-4-6-13(15)9-12/h4-6,9-11,16H,7-8H2,1-3H3,(H,17,18). The molecule has 1 atom stereocenters. The predicted octanol–water partition coefficient (Wildman–Crippen LogP) is 2.39. The summed E-state index contributed by atoms with van der Waals surface area (Å²) in [6, 6.07) is 6.49. The van der Waals surface area contributed by atoms with Gasteiger partial charge in [-0.25, -0.2) is 4.39 Å². The van der Waals surface area contributed by atoms with E-state index in [-0.39, 0.29) is 17.8 Å². The van der Waals surface area contributed by atoms with Gasteiger partial charge in [0.05, 0.1) is 6.04 Å². The fourth-order valence-electron chi connectivity index (χ4n) is 1.65. The maximum atomic E-state index is 13.0. The van der Waals surface area contributed by atoms with E-state index in [2.05, 4.69) is 10.6 Å². The van der Waals surface area contributed by atoms with Gasteiger partial charge in [0.1, 0.15) is 5.82 Å². The molecular weight excluding hydrogens is 231 g/mol. The molecule has 1 aromatic rings. The third-order valence-corrected chi connectivity index (χ3v) is 2.63. The van der Waals surface area contributed by atoms with E-state index < -0.39 is 0 Å². The fraction of sp³-hybridized carbons (Fsp3) is 0.500. The maximum Gasteiger partial charge on any atom is 0.221 e. The zero-order valence-electron chi connectivity index (χ0n) is 11.2. The lowest BCUT2D eigenvalue weighted by Crippen LogP contribution is -2.31. The predicted molar refractivity (Wildman–Crippen MR) is 70.7 cm³/mol. The van der Waals surface area contributed by atoms with E-state index >= 15 is 0 Å². The van der Waals surface area contributed by atoms with E-state index in [4.69, 9.17) is 0 Å². The zero-order chi connectivity index (χ0) is 13.5. The average Bonchev–Trinajstić information content (AvgIpc) is 2.28. The molecule has 0 aliphatic rings. The molecule has 2 N–H and O–H groups in total. The molecule has 1 unspecified atom stereocenters. The molecule has 0 spiro atoms. The number of hydrogen-bond donors (Lipinski definition) is 2. The van der Waals surface area contributed by atoms with Crippen LogP contribution in [0.25, 0.3) is 0 Å². The molecule has 0 aromatic heterocycles. The molecule has 1 aromatic carbocycles. The van der Waals surface area contributed by atoms with Crippen LogP contribution in [-0.4, -0.2) is 18.5 Å². The van der Waals surface area contributed by atoms with Gasteiger partial charge in [0, 0.05) is 19.0 Å². The molecule has 0 saturated carbocycles. The first kappa shape index (κ1) is 14.6. The van der Waals surface area contributed by atoms with Crippen molar-refractivity contribution in [3.8, 4) is 0 Å². The number of nitrogens with one attached hydrogen (secondary N) is 2. The maximum absolute atomic E-state index is 13.0. The summed E-state index contributed by atoms with van der Waals surface area (Å²) in [6.07, 6.45) is 0.428. The van der Waals surface area contributed by atoms with E-state index in [0.717, 1.165) is 5.56 Å². The van der Waals surface area contributed by atoms with E-state index in [1.807, 2.05) is 20.8 Å². The van der Waals surface area contributed by atoms with Crippen LogP contribution in [0.3, 0.4) is 0 Å². The summed E-state index contributed by atoms with van der Waals surface area (Å²) < 4.78 is 13.0. The van der Waals surface area contributed by atoms with Crippen LogP contribution in [0.2, 0.25) is 0 Å². The van der Waals surface area contributed by atoms with Gasteiger partial charge in [-0.05, 0) is 24.6 Å². The van der Waals surface area contributed by atoms with Crippen LogP contribution in [0.15, 0.2) is 24.3 Å². The summed E-state index contributed by atoms with van der Waals surface area (Å²) in [5, 5.41) is 6.03. The molecule has 18 heavy (non-hydrogen) atoms. The average molecular weight is 252 g/mol. The second kappa shape index (κ2) is 7.11. The number of carbonyl (C=O) groups excluding carboxylic acids is 1. The first-order valence-electron chi connectivity index (χ1n) is 6.27. The lowest BCUT2D eigenvalue weighted by molar-refractivity contribution is -0.121. The molecule has 0 bridgehead atoms. The summed E-state index contributed by atoms with van der Waals surface area (Å²) in [6.45, 7) is 6.57. The van der Waals surface area contributed by atoms with Gasteiger partial charge in [0.25, 0.3) is 0 Å². The third kappa shape index (κ3) is 5.27. The minimum atomic E-state index is -0.282. The zero-order valence-corrected chi connectivity index (χ0v) is 11.2. The van der Waals surface area contributed by atoms with E-state index in [0.29, 0.717) is 19.0 Å². The molecule has 0 saturated heterocycles. The van der Waals surface area contributed by atoms with Crippen molar-refractivity contribution in [3.63, 3.8) is 0 Å². The lowest BCUT2D eigenvalue weighted by Gasteiger charge is -2.15. The van der Waals surface area contributed by atoms with Crippen molar-refractivity contribution in [1.82, 2.24) is 10.6 Å².